The van der Waals surface area contributed by atoms with Gasteiger partial charge in [-0.15, -0.1) is 10.2 Å². The Morgan fingerprint density at radius 2 is 1.57 bits per heavy atom. The number of nitrogens with two attached hydrogens (primary N) is 2. The number of benzene rings is 1. The third-order valence-corrected chi connectivity index (χ3v) is 7.08. The molecule has 1 aromatic carbocycles. The normalized spacial score (nSPS) is 27.0. The summed E-state index contributed by atoms with van der Waals surface area (Å²) in [6.45, 7) is -0.0782. The van der Waals surface area contributed by atoms with E-state index < -0.39 is 46.4 Å². The van der Waals surface area contributed by atoms with E-state index in [1.54, 1.807) is 0 Å². The molecule has 3 atom stereocenters. The van der Waals surface area contributed by atoms with Gasteiger partial charge in [0.25, 0.3) is 5.91 Å². The Kier molecular flexibility index (Phi) is 4.98. The molecule has 13 heteroatoms. The van der Waals surface area contributed by atoms with Gasteiger partial charge in [-0.1, -0.05) is 18.2 Å². The molecule has 1 amide bonds. The van der Waals surface area contributed by atoms with E-state index in [9.17, 15) is 31.1 Å². The van der Waals surface area contributed by atoms with Gasteiger partial charge in [-0.3, -0.25) is 9.20 Å². The lowest BCUT2D eigenvalue weighted by Crippen LogP contribution is -2.61. The maximum absolute atomic E-state index is 13.5. The minimum atomic E-state index is -4.58. The van der Waals surface area contributed by atoms with E-state index in [1.807, 2.05) is 0 Å². The Balaban J connectivity index is 1.40. The molecule has 4 N–H and O–H groups in total. The van der Waals surface area contributed by atoms with E-state index in [-0.39, 0.29) is 43.0 Å². The zero-order valence-electron chi connectivity index (χ0n) is 18.1. The molecule has 2 aromatic heterocycles. The van der Waals surface area contributed by atoms with Crippen molar-refractivity contribution in [1.29, 1.82) is 0 Å². The van der Waals surface area contributed by atoms with Crippen molar-refractivity contribution < 1.29 is 31.1 Å². The van der Waals surface area contributed by atoms with Crippen LogP contribution in [0.15, 0.2) is 42.6 Å². The number of carbonyl (C=O) groups excluding carboxylic acids is 1. The van der Waals surface area contributed by atoms with Gasteiger partial charge in [-0.2, -0.15) is 26.3 Å². The number of aromatic nitrogens is 3. The second-order valence-electron chi connectivity index (χ2n) is 9.33. The number of alkyl halides is 6. The number of carbonyl (C=O) groups is 1. The second kappa shape index (κ2) is 7.40. The fraction of sp³-hybridized carbons (Fsp3) is 0.409. The largest absolute Gasteiger partial charge is 0.416 e. The van der Waals surface area contributed by atoms with Crippen LogP contribution in [-0.4, -0.2) is 49.6 Å². The van der Waals surface area contributed by atoms with E-state index in [1.165, 1.54) is 23.1 Å². The number of likely N-dealkylation sites (tertiary alicyclic amines) is 1. The van der Waals surface area contributed by atoms with Gasteiger partial charge in [0.05, 0.1) is 22.2 Å². The van der Waals surface area contributed by atoms with Gasteiger partial charge in [-0.25, -0.2) is 0 Å². The Morgan fingerprint density at radius 3 is 2.17 bits per heavy atom. The summed E-state index contributed by atoms with van der Waals surface area (Å²) in [5.74, 6) is -1.39. The fourth-order valence-electron chi connectivity index (χ4n) is 5.37. The van der Waals surface area contributed by atoms with Crippen LogP contribution in [0.25, 0.3) is 5.65 Å². The summed E-state index contributed by atoms with van der Waals surface area (Å²) in [4.78, 5) is 14.5. The molecule has 7 nitrogen and oxygen atoms in total. The van der Waals surface area contributed by atoms with Crippen LogP contribution in [-0.2, 0) is 12.4 Å². The number of nitrogens with zero attached hydrogens (tertiary/aromatic N) is 4. The van der Waals surface area contributed by atoms with E-state index in [4.69, 9.17) is 11.5 Å². The van der Waals surface area contributed by atoms with Crippen molar-refractivity contribution in [3.05, 3.63) is 65.1 Å². The summed E-state index contributed by atoms with van der Waals surface area (Å²) in [6, 6.07) is 6.87. The first kappa shape index (κ1) is 23.5. The summed E-state index contributed by atoms with van der Waals surface area (Å²) in [5, 5.41) is 7.42. The van der Waals surface area contributed by atoms with Gasteiger partial charge in [-0.05, 0) is 42.5 Å². The number of fused-ring (bicyclic) bond motifs is 2. The van der Waals surface area contributed by atoms with Crippen LogP contribution in [0, 0.1) is 0 Å². The van der Waals surface area contributed by atoms with Gasteiger partial charge < -0.3 is 16.4 Å². The Hall–Kier alpha value is -3.19. The average molecular weight is 498 g/mol. The molecule has 1 aliphatic heterocycles. The minimum absolute atomic E-state index is 0.0391. The van der Waals surface area contributed by atoms with E-state index >= 15 is 0 Å². The second-order valence-corrected chi connectivity index (χ2v) is 9.33. The molecule has 1 unspecified atom stereocenters. The molecule has 3 aromatic rings. The lowest BCUT2D eigenvalue weighted by molar-refractivity contribution is -0.138. The quantitative estimate of drug-likeness (QED) is 0.529. The molecular formula is C22H20F6N6O. The van der Waals surface area contributed by atoms with Crippen molar-refractivity contribution in [3.8, 4) is 0 Å². The first-order valence-electron chi connectivity index (χ1n) is 10.7. The van der Waals surface area contributed by atoms with Crippen LogP contribution in [0.5, 0.6) is 0 Å². The zero-order valence-corrected chi connectivity index (χ0v) is 18.1. The predicted molar refractivity (Wildman–Crippen MR) is 111 cm³/mol. The summed E-state index contributed by atoms with van der Waals surface area (Å²) in [6.07, 6.45) is -7.78. The SMILES string of the molecule is N[C@@]12CC(c3ccccc3C(F)(F)F)C[C@]1(N)CN(C(=O)c1nnc3cc(C(F)(F)F)ccn13)C2. The molecular weight excluding hydrogens is 478 g/mol. The van der Waals surface area contributed by atoms with E-state index in [0.29, 0.717) is 0 Å². The summed E-state index contributed by atoms with van der Waals surface area (Å²) >= 11 is 0. The van der Waals surface area contributed by atoms with Crippen molar-refractivity contribution in [3.63, 3.8) is 0 Å². The number of rotatable bonds is 2. The molecule has 0 bridgehead atoms. The van der Waals surface area contributed by atoms with Gasteiger partial charge in [0.15, 0.2) is 5.65 Å². The monoisotopic (exact) mass is 498 g/mol. The molecule has 5 rings (SSSR count). The average Bonchev–Trinajstić information content (AvgIpc) is 3.37. The number of amides is 1. The molecule has 3 heterocycles. The predicted octanol–water partition coefficient (Wildman–Crippen LogP) is 3.20. The molecule has 2 aliphatic rings. The number of pyridine rings is 1. The van der Waals surface area contributed by atoms with E-state index in [0.717, 1.165) is 28.8 Å². The van der Waals surface area contributed by atoms with Crippen LogP contribution < -0.4 is 11.5 Å². The molecule has 186 valence electrons. The van der Waals surface area contributed by atoms with Crippen molar-refractivity contribution in [2.45, 2.75) is 42.2 Å². The zero-order chi connectivity index (χ0) is 25.4. The van der Waals surface area contributed by atoms with Crippen LogP contribution in [0.2, 0.25) is 0 Å². The highest BCUT2D eigenvalue weighted by atomic mass is 19.4. The molecule has 1 saturated carbocycles. The Morgan fingerprint density at radius 1 is 0.943 bits per heavy atom. The van der Waals surface area contributed by atoms with Crippen LogP contribution in [0.3, 0.4) is 0 Å². The van der Waals surface area contributed by atoms with Crippen LogP contribution >= 0.6 is 0 Å². The highest BCUT2D eigenvalue weighted by Crippen LogP contribution is 2.51. The lowest BCUT2D eigenvalue weighted by atomic mass is 9.85. The summed E-state index contributed by atoms with van der Waals surface area (Å²) in [5.41, 5.74) is 9.14. The highest BCUT2D eigenvalue weighted by Gasteiger charge is 2.61. The molecule has 1 aliphatic carbocycles. The maximum Gasteiger partial charge on any atom is 0.416 e. The lowest BCUT2D eigenvalue weighted by Gasteiger charge is -2.31. The van der Waals surface area contributed by atoms with Crippen LogP contribution in [0.4, 0.5) is 26.3 Å². The smallest absolute Gasteiger partial charge is 0.332 e. The first-order chi connectivity index (χ1) is 16.2. The van der Waals surface area contributed by atoms with E-state index in [2.05, 4.69) is 10.2 Å². The van der Waals surface area contributed by atoms with Crippen molar-refractivity contribution in [2.75, 3.05) is 13.1 Å². The highest BCUT2D eigenvalue weighted by molar-refractivity contribution is 5.92. The van der Waals surface area contributed by atoms with Crippen LogP contribution in [0.1, 0.15) is 46.1 Å². The number of hydrogen-bond acceptors (Lipinski definition) is 5. The van der Waals surface area contributed by atoms with Crippen molar-refractivity contribution in [2.24, 2.45) is 11.5 Å². The third kappa shape index (κ3) is 3.73. The Bertz CT molecular complexity index is 1300. The van der Waals surface area contributed by atoms with Gasteiger partial charge in [0, 0.05) is 19.3 Å². The summed E-state index contributed by atoms with van der Waals surface area (Å²) < 4.78 is 80.6. The Labute approximate surface area is 194 Å². The number of halogens is 6. The number of hydrogen-bond donors (Lipinski definition) is 2. The first-order valence-corrected chi connectivity index (χ1v) is 10.7. The molecule has 0 radical (unpaired) electrons. The minimum Gasteiger partial charge on any atom is -0.332 e. The van der Waals surface area contributed by atoms with Crippen molar-refractivity contribution in [1.82, 2.24) is 19.5 Å². The molecule has 1 saturated heterocycles. The van der Waals surface area contributed by atoms with Crippen molar-refractivity contribution >= 4 is 11.6 Å². The maximum atomic E-state index is 13.5. The van der Waals surface area contributed by atoms with Gasteiger partial charge in [0.1, 0.15) is 0 Å². The van der Waals surface area contributed by atoms with Gasteiger partial charge >= 0.3 is 12.4 Å². The molecule has 35 heavy (non-hydrogen) atoms. The fourth-order valence-corrected chi connectivity index (χ4v) is 5.37. The topological polar surface area (TPSA) is 103 Å². The molecule has 0 spiro atoms. The molecule has 2 fully saturated rings. The third-order valence-electron chi connectivity index (χ3n) is 7.08. The van der Waals surface area contributed by atoms with Gasteiger partial charge in [0.2, 0.25) is 5.82 Å². The standard InChI is InChI=1S/C22H20F6N6O/c23-21(24,25)13-5-6-34-16(7-13)31-32-17(34)18(35)33-10-19(29)8-12(9-20(19,30)11-33)14-3-1-2-4-15(14)22(26,27)28/h1-7,12H,8-11,29-30H2/t12?,19-,20+. The summed E-state index contributed by atoms with van der Waals surface area (Å²) in [7, 11) is 0.